The second-order valence-corrected chi connectivity index (χ2v) is 10.8. The fraction of sp³-hybridized carbons (Fsp3) is 0.265. The Morgan fingerprint density at radius 3 is 2.42 bits per heavy atom. The van der Waals surface area contributed by atoms with Gasteiger partial charge in [0.05, 0.1) is 29.9 Å². The van der Waals surface area contributed by atoms with Crippen LogP contribution in [0.15, 0.2) is 97.3 Å². The number of amides is 2. The normalized spacial score (nSPS) is 17.0. The van der Waals surface area contributed by atoms with Gasteiger partial charge >= 0.3 is 0 Å². The van der Waals surface area contributed by atoms with Crippen LogP contribution in [0, 0.1) is 0 Å². The van der Waals surface area contributed by atoms with Crippen molar-refractivity contribution in [2.75, 3.05) is 25.5 Å². The van der Waals surface area contributed by atoms with Gasteiger partial charge in [-0.3, -0.25) is 19.5 Å². The molecule has 2 N–H and O–H groups in total. The molecule has 3 aromatic carbocycles. The molecule has 2 amide bonds. The largest absolute Gasteiger partial charge is 0.484 e. The molecular formula is C34H36N4O5. The number of pyridine rings is 1. The Balaban J connectivity index is 1.36. The van der Waals surface area contributed by atoms with Crippen molar-refractivity contribution in [3.8, 4) is 17.2 Å². The summed E-state index contributed by atoms with van der Waals surface area (Å²) in [6.07, 6.45) is 2.64. The predicted octanol–water partition coefficient (Wildman–Crippen LogP) is 5.23. The topological polar surface area (TPSA) is 104 Å². The van der Waals surface area contributed by atoms with E-state index in [0.29, 0.717) is 35.7 Å². The summed E-state index contributed by atoms with van der Waals surface area (Å²) in [5, 5.41) is 12.9. The first-order valence-electron chi connectivity index (χ1n) is 14.3. The number of aromatic nitrogens is 1. The van der Waals surface area contributed by atoms with Crippen LogP contribution in [0.1, 0.15) is 40.1 Å². The number of likely N-dealkylation sites (N-methyl/N-ethyl adjacent to an activating group) is 1. The Kier molecular flexibility index (Phi) is 9.34. The van der Waals surface area contributed by atoms with Crippen molar-refractivity contribution in [1.82, 2.24) is 14.8 Å². The fourth-order valence-corrected chi connectivity index (χ4v) is 5.23. The maximum absolute atomic E-state index is 13.8. The third-order valence-corrected chi connectivity index (χ3v) is 7.50. The monoisotopic (exact) mass is 580 g/mol. The van der Waals surface area contributed by atoms with E-state index < -0.39 is 12.1 Å². The highest BCUT2D eigenvalue weighted by atomic mass is 16.5. The zero-order valence-electron chi connectivity index (χ0n) is 24.5. The van der Waals surface area contributed by atoms with E-state index in [2.05, 4.69) is 15.2 Å². The molecule has 222 valence electrons. The molecule has 1 aliphatic heterocycles. The summed E-state index contributed by atoms with van der Waals surface area (Å²) in [6, 6.07) is 25.1. The van der Waals surface area contributed by atoms with Gasteiger partial charge in [-0.05, 0) is 75.0 Å². The molecule has 0 fully saturated rings. The summed E-state index contributed by atoms with van der Waals surface area (Å²) in [4.78, 5) is 34.6. The lowest BCUT2D eigenvalue weighted by molar-refractivity contribution is 0.0250. The number of aliphatic hydroxyl groups is 1. The fourth-order valence-electron chi connectivity index (χ4n) is 5.23. The molecule has 0 aliphatic carbocycles. The number of anilines is 1. The summed E-state index contributed by atoms with van der Waals surface area (Å²) in [6.45, 7) is 4.67. The molecule has 0 spiro atoms. The summed E-state index contributed by atoms with van der Waals surface area (Å²) in [7, 11) is 2.00. The van der Waals surface area contributed by atoms with E-state index in [1.807, 2.05) is 75.5 Å². The second kappa shape index (κ2) is 13.5. The minimum absolute atomic E-state index is 0.191. The van der Waals surface area contributed by atoms with Gasteiger partial charge in [-0.1, -0.05) is 36.4 Å². The van der Waals surface area contributed by atoms with Crippen LogP contribution in [0.2, 0.25) is 0 Å². The van der Waals surface area contributed by atoms with E-state index in [0.717, 1.165) is 17.1 Å². The van der Waals surface area contributed by atoms with Crippen LogP contribution in [0.5, 0.6) is 17.2 Å². The maximum atomic E-state index is 13.8. The lowest BCUT2D eigenvalue weighted by atomic mass is 10.1. The van der Waals surface area contributed by atoms with Crippen molar-refractivity contribution < 1.29 is 24.2 Å². The number of fused-ring (bicyclic) bond motifs is 1. The van der Waals surface area contributed by atoms with Gasteiger partial charge in [0, 0.05) is 31.0 Å². The number of nitrogens with one attached hydrogen (secondary N) is 1. The molecule has 9 heteroatoms. The van der Waals surface area contributed by atoms with Crippen LogP contribution < -0.4 is 14.8 Å². The van der Waals surface area contributed by atoms with Gasteiger partial charge in [0.1, 0.15) is 17.6 Å². The van der Waals surface area contributed by atoms with Gasteiger partial charge in [0.2, 0.25) is 0 Å². The van der Waals surface area contributed by atoms with E-state index in [4.69, 9.17) is 9.47 Å². The van der Waals surface area contributed by atoms with E-state index >= 15 is 0 Å². The minimum atomic E-state index is -0.455. The number of hydrogen-bond donors (Lipinski definition) is 2. The zero-order valence-corrected chi connectivity index (χ0v) is 24.5. The smallest absolute Gasteiger partial charge is 0.258 e. The third kappa shape index (κ3) is 7.02. The zero-order chi connectivity index (χ0) is 30.3. The van der Waals surface area contributed by atoms with Gasteiger partial charge in [0.15, 0.2) is 5.75 Å². The quantitative estimate of drug-likeness (QED) is 0.265. The molecular weight excluding hydrogens is 544 g/mol. The number of aliphatic hydroxyl groups excluding tert-OH is 1. The van der Waals surface area contributed by atoms with Crippen LogP contribution in [0.3, 0.4) is 0 Å². The van der Waals surface area contributed by atoms with Crippen molar-refractivity contribution in [3.05, 3.63) is 114 Å². The molecule has 5 rings (SSSR count). The Hall–Kier alpha value is -4.73. The number of para-hydroxylation sites is 2. The molecule has 0 unspecified atom stereocenters. The number of carbonyl (C=O) groups is 2. The van der Waals surface area contributed by atoms with E-state index in [1.165, 1.54) is 0 Å². The lowest BCUT2D eigenvalue weighted by Crippen LogP contribution is -2.53. The molecule has 3 atom stereocenters. The van der Waals surface area contributed by atoms with Crippen LogP contribution in [0.25, 0.3) is 0 Å². The summed E-state index contributed by atoms with van der Waals surface area (Å²) < 4.78 is 12.5. The van der Waals surface area contributed by atoms with Crippen molar-refractivity contribution in [2.24, 2.45) is 0 Å². The molecule has 0 saturated heterocycles. The van der Waals surface area contributed by atoms with Crippen LogP contribution in [-0.2, 0) is 6.54 Å². The summed E-state index contributed by atoms with van der Waals surface area (Å²) in [5.74, 6) is 1.25. The van der Waals surface area contributed by atoms with Crippen molar-refractivity contribution in [1.29, 1.82) is 0 Å². The first-order chi connectivity index (χ1) is 20.8. The van der Waals surface area contributed by atoms with Gasteiger partial charge in [-0.2, -0.15) is 0 Å². The van der Waals surface area contributed by atoms with Crippen LogP contribution in [0.4, 0.5) is 5.69 Å². The Bertz CT molecular complexity index is 1530. The highest BCUT2D eigenvalue weighted by Crippen LogP contribution is 2.36. The van der Waals surface area contributed by atoms with E-state index in [-0.39, 0.29) is 24.5 Å². The average Bonchev–Trinajstić information content (AvgIpc) is 3.12. The number of hydrogen-bond acceptors (Lipinski definition) is 7. The lowest BCUT2D eigenvalue weighted by Gasteiger charge is -2.36. The molecule has 0 radical (unpaired) electrons. The Labute approximate surface area is 251 Å². The molecule has 4 aromatic rings. The molecule has 1 aliphatic rings. The van der Waals surface area contributed by atoms with Crippen LogP contribution in [-0.4, -0.2) is 70.1 Å². The number of rotatable bonds is 10. The van der Waals surface area contributed by atoms with Gasteiger partial charge in [0.25, 0.3) is 11.8 Å². The Morgan fingerprint density at radius 1 is 1.02 bits per heavy atom. The van der Waals surface area contributed by atoms with Crippen molar-refractivity contribution >= 4 is 17.5 Å². The number of carbonyl (C=O) groups excluding carboxylic acids is 2. The van der Waals surface area contributed by atoms with Crippen molar-refractivity contribution in [2.45, 2.75) is 38.6 Å². The highest BCUT2D eigenvalue weighted by molar-refractivity contribution is 6.07. The average molecular weight is 581 g/mol. The number of ether oxygens (including phenoxy) is 2. The van der Waals surface area contributed by atoms with Gasteiger partial charge in [-0.15, -0.1) is 0 Å². The number of benzene rings is 3. The predicted molar refractivity (Wildman–Crippen MR) is 165 cm³/mol. The molecule has 0 bridgehead atoms. The first kappa shape index (κ1) is 29.8. The second-order valence-electron chi connectivity index (χ2n) is 10.8. The van der Waals surface area contributed by atoms with E-state index in [1.54, 1.807) is 47.6 Å². The standard InChI is InChI=1S/C34H36N4O5/c1-23(22-39)38-24(2)31(21-37(3)20-25-12-14-28(15-13-25)42-27-8-5-4-6-9-27)43-32-29(34(38)41)10-7-11-30(32)36-33(40)26-16-18-35-19-17-26/h4-19,23-24,31,39H,20-22H2,1-3H3,(H,36,40)/t23-,24+,31+/m0/s1. The van der Waals surface area contributed by atoms with E-state index in [9.17, 15) is 14.7 Å². The van der Waals surface area contributed by atoms with Crippen LogP contribution >= 0.6 is 0 Å². The SMILES string of the molecule is C[C@@H]1[C@@H](CN(C)Cc2ccc(Oc3ccccc3)cc2)Oc2c(NC(=O)c3ccncc3)cccc2C(=O)N1[C@@H](C)CO. The first-order valence-corrected chi connectivity index (χ1v) is 14.3. The van der Waals surface area contributed by atoms with Gasteiger partial charge in [-0.25, -0.2) is 0 Å². The molecule has 1 aromatic heterocycles. The summed E-state index contributed by atoms with van der Waals surface area (Å²) >= 11 is 0. The highest BCUT2D eigenvalue weighted by Gasteiger charge is 2.39. The molecule has 43 heavy (non-hydrogen) atoms. The molecule has 9 nitrogen and oxygen atoms in total. The van der Waals surface area contributed by atoms with Gasteiger partial charge < -0.3 is 24.8 Å². The Morgan fingerprint density at radius 2 is 1.72 bits per heavy atom. The summed E-state index contributed by atoms with van der Waals surface area (Å²) in [5.41, 5.74) is 2.26. The van der Waals surface area contributed by atoms with Crippen molar-refractivity contribution in [3.63, 3.8) is 0 Å². The molecule has 0 saturated carbocycles. The third-order valence-electron chi connectivity index (χ3n) is 7.50. The molecule has 2 heterocycles. The minimum Gasteiger partial charge on any atom is -0.484 e. The number of nitrogens with zero attached hydrogens (tertiary/aromatic N) is 3. The maximum Gasteiger partial charge on any atom is 0.258 e.